The first-order valence-corrected chi connectivity index (χ1v) is 17.6. The van der Waals surface area contributed by atoms with E-state index in [2.05, 4.69) is 44.7 Å². The normalized spacial score (nSPS) is 11.0. The molecular weight excluding hydrogens is 619 g/mol. The zero-order valence-electron chi connectivity index (χ0n) is 27.8. The Morgan fingerprint density at radius 2 is 0.978 bits per heavy atom. The van der Waals surface area contributed by atoms with Crippen molar-refractivity contribution in [3.63, 3.8) is 0 Å². The molecule has 11 heteroatoms. The molecule has 0 aliphatic rings. The van der Waals surface area contributed by atoms with Gasteiger partial charge in [-0.1, -0.05) is 0 Å². The van der Waals surface area contributed by atoms with Crippen LogP contribution in [-0.4, -0.2) is 89.0 Å². The molecule has 2 aromatic carbocycles. The van der Waals surface area contributed by atoms with Gasteiger partial charge in [0.2, 0.25) is 0 Å². The van der Waals surface area contributed by atoms with Crippen LogP contribution >= 0.6 is 23.5 Å². The molecule has 0 saturated carbocycles. The monoisotopic (exact) mass is 663 g/mol. The van der Waals surface area contributed by atoms with E-state index in [1.165, 1.54) is 0 Å². The highest BCUT2D eigenvalue weighted by molar-refractivity contribution is 7.99. The zero-order valence-corrected chi connectivity index (χ0v) is 29.4. The Labute approximate surface area is 281 Å². The van der Waals surface area contributed by atoms with Gasteiger partial charge in [0.05, 0.1) is 73.4 Å². The Balaban J connectivity index is 1.17. The number of aromatic nitrogens is 2. The molecular formula is C35H45N5O4S2. The van der Waals surface area contributed by atoms with E-state index in [1.807, 2.05) is 61.3 Å². The van der Waals surface area contributed by atoms with Crippen molar-refractivity contribution in [1.82, 2.24) is 14.9 Å². The summed E-state index contributed by atoms with van der Waals surface area (Å²) >= 11 is 3.20. The molecule has 0 atom stereocenters. The number of anilines is 2. The number of benzene rings is 2. The van der Waals surface area contributed by atoms with Crippen molar-refractivity contribution in [1.29, 1.82) is 0 Å². The van der Waals surface area contributed by atoms with Gasteiger partial charge in [0.1, 0.15) is 23.0 Å². The number of methoxy groups -OCH3 is 4. The van der Waals surface area contributed by atoms with Crippen molar-refractivity contribution in [2.75, 3.05) is 84.8 Å². The molecule has 0 unspecified atom stereocenters. The average Bonchev–Trinajstić information content (AvgIpc) is 3.11. The second-order valence-corrected chi connectivity index (χ2v) is 12.2. The summed E-state index contributed by atoms with van der Waals surface area (Å²) in [6, 6.07) is 16.2. The van der Waals surface area contributed by atoms with Crippen LogP contribution in [0.25, 0.3) is 22.5 Å². The van der Waals surface area contributed by atoms with Crippen LogP contribution in [0.1, 0.15) is 12.8 Å². The van der Waals surface area contributed by atoms with Crippen LogP contribution in [0.4, 0.5) is 11.4 Å². The first-order valence-electron chi connectivity index (χ1n) is 15.1. The summed E-state index contributed by atoms with van der Waals surface area (Å²) in [7, 11) is 8.87. The lowest BCUT2D eigenvalue weighted by Crippen LogP contribution is -2.24. The van der Waals surface area contributed by atoms with E-state index >= 15 is 0 Å². The van der Waals surface area contributed by atoms with Gasteiger partial charge in [0.15, 0.2) is 0 Å². The Hall–Kier alpha value is -3.80. The number of hydrogen-bond donors (Lipinski definition) is 2. The molecule has 46 heavy (non-hydrogen) atoms. The Morgan fingerprint density at radius 3 is 1.26 bits per heavy atom. The van der Waals surface area contributed by atoms with E-state index in [9.17, 15) is 0 Å². The minimum absolute atomic E-state index is 0.786. The van der Waals surface area contributed by atoms with E-state index in [-0.39, 0.29) is 0 Å². The molecule has 2 aromatic heterocycles. The van der Waals surface area contributed by atoms with E-state index in [4.69, 9.17) is 18.9 Å². The van der Waals surface area contributed by atoms with Crippen molar-refractivity contribution in [2.24, 2.45) is 0 Å². The molecule has 4 aromatic rings. The summed E-state index contributed by atoms with van der Waals surface area (Å²) in [6.07, 6.45) is 9.85. The van der Waals surface area contributed by atoms with Gasteiger partial charge in [-0.25, -0.2) is 0 Å². The van der Waals surface area contributed by atoms with E-state index in [0.717, 1.165) is 106 Å². The number of nitrogens with zero attached hydrogens (tertiary/aromatic N) is 3. The maximum Gasteiger partial charge on any atom is 0.136 e. The van der Waals surface area contributed by atoms with Crippen molar-refractivity contribution >= 4 is 34.9 Å². The number of hydrogen-bond acceptors (Lipinski definition) is 11. The summed E-state index contributed by atoms with van der Waals surface area (Å²) in [5, 5.41) is 6.98. The molecule has 0 aliphatic heterocycles. The highest BCUT2D eigenvalue weighted by Crippen LogP contribution is 2.41. The summed E-state index contributed by atoms with van der Waals surface area (Å²) in [5.74, 6) is 3.14. The van der Waals surface area contributed by atoms with Crippen LogP contribution in [0.15, 0.2) is 70.7 Å². The lowest BCUT2D eigenvalue weighted by atomic mass is 10.1. The molecule has 246 valence electrons. The van der Waals surface area contributed by atoms with Crippen LogP contribution in [0.2, 0.25) is 0 Å². The highest BCUT2D eigenvalue weighted by Gasteiger charge is 2.15. The first-order chi connectivity index (χ1) is 22.4. The molecule has 0 aliphatic carbocycles. The first kappa shape index (κ1) is 35.1. The largest absolute Gasteiger partial charge is 0.495 e. The number of thioether (sulfide) groups is 2. The Bertz CT molecular complexity index is 1370. The van der Waals surface area contributed by atoms with Gasteiger partial charge in [-0.05, 0) is 94.0 Å². The number of ether oxygens (including phenoxy) is 4. The number of pyridine rings is 2. The molecule has 9 nitrogen and oxygen atoms in total. The third kappa shape index (κ3) is 9.14. The Kier molecular flexibility index (Phi) is 13.5. The van der Waals surface area contributed by atoms with Crippen molar-refractivity contribution in [3.8, 4) is 45.5 Å². The summed E-state index contributed by atoms with van der Waals surface area (Å²) in [6.45, 7) is 3.78. The lowest BCUT2D eigenvalue weighted by molar-refractivity contribution is 0.331. The van der Waals surface area contributed by atoms with Gasteiger partial charge in [-0.3, -0.25) is 9.97 Å². The van der Waals surface area contributed by atoms with Gasteiger partial charge >= 0.3 is 0 Å². The molecule has 2 heterocycles. The predicted molar refractivity (Wildman–Crippen MR) is 193 cm³/mol. The average molecular weight is 664 g/mol. The van der Waals surface area contributed by atoms with Gasteiger partial charge in [-0.2, -0.15) is 0 Å². The van der Waals surface area contributed by atoms with Gasteiger partial charge in [0.25, 0.3) is 0 Å². The minimum Gasteiger partial charge on any atom is -0.495 e. The van der Waals surface area contributed by atoms with Crippen molar-refractivity contribution in [2.45, 2.75) is 22.6 Å². The topological polar surface area (TPSA) is 90.0 Å². The van der Waals surface area contributed by atoms with Gasteiger partial charge in [-0.15, -0.1) is 23.5 Å². The van der Waals surface area contributed by atoms with E-state index in [1.54, 1.807) is 52.0 Å². The second-order valence-electron chi connectivity index (χ2n) is 10.6. The molecule has 0 saturated heterocycles. The summed E-state index contributed by atoms with van der Waals surface area (Å²) in [4.78, 5) is 13.7. The van der Waals surface area contributed by atoms with Crippen molar-refractivity contribution in [3.05, 3.63) is 60.9 Å². The van der Waals surface area contributed by atoms with Crippen LogP contribution in [0.5, 0.6) is 23.0 Å². The Morgan fingerprint density at radius 1 is 0.609 bits per heavy atom. The number of nitrogens with one attached hydrogen (secondary N) is 2. The van der Waals surface area contributed by atoms with Crippen LogP contribution in [0.3, 0.4) is 0 Å². The third-order valence-corrected chi connectivity index (χ3v) is 9.16. The molecule has 0 fully saturated rings. The highest BCUT2D eigenvalue weighted by atomic mass is 32.2. The molecule has 2 N–H and O–H groups in total. The molecule has 0 amide bonds. The molecule has 0 spiro atoms. The molecule has 0 radical (unpaired) electrons. The maximum absolute atomic E-state index is 5.58. The summed E-state index contributed by atoms with van der Waals surface area (Å²) < 4.78 is 22.3. The fourth-order valence-corrected chi connectivity index (χ4v) is 6.45. The van der Waals surface area contributed by atoms with E-state index < -0.39 is 0 Å². The second kappa shape index (κ2) is 17.8. The quantitative estimate of drug-likeness (QED) is 0.0818. The molecule has 0 bridgehead atoms. The summed E-state index contributed by atoms with van der Waals surface area (Å²) in [5.41, 5.74) is 5.67. The zero-order chi connectivity index (χ0) is 32.9. The van der Waals surface area contributed by atoms with Crippen LogP contribution in [0, 0.1) is 0 Å². The lowest BCUT2D eigenvalue weighted by Gasteiger charge is -2.17. The maximum atomic E-state index is 5.58. The SMILES string of the molecule is COc1cc(-c2ccc(NCCCN(C)CCCNc3ccc(-c4cc(OC)c(SC)c(OC)c4)nc3)cn2)cc(OC)c1SC. The van der Waals surface area contributed by atoms with Crippen LogP contribution < -0.4 is 29.6 Å². The van der Waals surface area contributed by atoms with Gasteiger partial charge in [0, 0.05) is 24.2 Å². The third-order valence-electron chi connectivity index (χ3n) is 7.54. The molecule has 4 rings (SSSR count). The fraction of sp³-hybridized carbons (Fsp3) is 0.371. The predicted octanol–water partition coefficient (Wildman–Crippen LogP) is 7.52. The fourth-order valence-electron chi connectivity index (χ4n) is 5.07. The van der Waals surface area contributed by atoms with Crippen LogP contribution in [-0.2, 0) is 0 Å². The number of rotatable bonds is 18. The van der Waals surface area contributed by atoms with E-state index in [0.29, 0.717) is 0 Å². The standard InChI is InChI=1S/C35H45N5O4S2/c1-40(16-8-14-36-26-10-12-28(38-22-26)24-18-30(41-2)34(45-6)31(19-24)42-3)17-9-15-37-27-11-13-29(39-23-27)25-20-32(43-4)35(46-7)33(21-25)44-5/h10-13,18-23,36-37H,8-9,14-17H2,1-7H3. The smallest absolute Gasteiger partial charge is 0.136 e. The van der Waals surface area contributed by atoms with Crippen molar-refractivity contribution < 1.29 is 18.9 Å². The minimum atomic E-state index is 0.786. The van der Waals surface area contributed by atoms with Gasteiger partial charge < -0.3 is 34.5 Å².